The third-order valence-corrected chi connectivity index (χ3v) is 11.5. The number of nitrogens with zero attached hydrogens (tertiary/aromatic N) is 3. The van der Waals surface area contributed by atoms with Crippen molar-refractivity contribution in [3.05, 3.63) is 0 Å². The van der Waals surface area contributed by atoms with E-state index in [1.165, 1.54) is 0 Å². The summed E-state index contributed by atoms with van der Waals surface area (Å²) >= 11 is 0. The number of carbonyl (C=O) groups excluding carboxylic acids is 1. The molecule has 0 aromatic carbocycles. The van der Waals surface area contributed by atoms with Crippen molar-refractivity contribution < 1.29 is 31.5 Å². The summed E-state index contributed by atoms with van der Waals surface area (Å²) in [4.78, 5) is 19.5. The van der Waals surface area contributed by atoms with Gasteiger partial charge < -0.3 is 9.64 Å². The lowest BCUT2D eigenvalue weighted by Crippen LogP contribution is -2.56. The van der Waals surface area contributed by atoms with Gasteiger partial charge in [-0.15, -0.1) is 0 Å². The van der Waals surface area contributed by atoms with Crippen molar-refractivity contribution >= 4 is 5.91 Å². The summed E-state index contributed by atoms with van der Waals surface area (Å²) < 4.78 is 76.8. The Kier molecular flexibility index (Phi) is 7.67. The van der Waals surface area contributed by atoms with Gasteiger partial charge in [-0.25, -0.2) is 19.6 Å². The van der Waals surface area contributed by atoms with Crippen molar-refractivity contribution in [3.63, 3.8) is 0 Å². The zero-order chi connectivity index (χ0) is 28.4. The Hall–Kier alpha value is -1.08. The molecule has 6 aliphatic rings. The van der Waals surface area contributed by atoms with Crippen LogP contribution in [0, 0.1) is 35.0 Å². The number of halogens is 5. The van der Waals surface area contributed by atoms with Crippen LogP contribution in [0.15, 0.2) is 0 Å². The maximum absolute atomic E-state index is 14.4. The second kappa shape index (κ2) is 10.6. The maximum Gasteiger partial charge on any atom is 0.392 e. The number of amides is 1. The van der Waals surface area contributed by atoms with Gasteiger partial charge in [0.1, 0.15) is 0 Å². The molecule has 6 rings (SSSR count). The van der Waals surface area contributed by atoms with Crippen LogP contribution in [0.3, 0.4) is 0 Å². The fourth-order valence-corrected chi connectivity index (χ4v) is 8.94. The predicted molar refractivity (Wildman–Crippen MR) is 138 cm³/mol. The Morgan fingerprint density at radius 2 is 1.93 bits per heavy atom. The van der Waals surface area contributed by atoms with Gasteiger partial charge in [0.15, 0.2) is 0 Å². The van der Waals surface area contributed by atoms with Gasteiger partial charge >= 0.3 is 6.18 Å². The van der Waals surface area contributed by atoms with Gasteiger partial charge in [0.05, 0.1) is 38.5 Å². The van der Waals surface area contributed by atoms with E-state index in [-0.39, 0.29) is 49.5 Å². The average molecular weight is 578 g/mol. The standard InChI is InChI=1S/C28H44F5N5O2/c1-17(37-7-6-27(29,30)13-37)18-8-21-22(23(9-18)28(31,32)33)12-38(25(21)39)20-5-3-4-19(10-20)26(14-40-15-26)11-24-35-34-16-36(24)2/h17-24,34-35H,3-16H2,1-2H3/t17-,18?,19?,20?,21?,22?,23?,24?/m1/s1. The van der Waals surface area contributed by atoms with E-state index in [0.29, 0.717) is 25.6 Å². The van der Waals surface area contributed by atoms with Crippen LogP contribution in [0.5, 0.6) is 0 Å². The molecule has 2 saturated carbocycles. The first-order chi connectivity index (χ1) is 18.9. The summed E-state index contributed by atoms with van der Waals surface area (Å²) in [5.41, 5.74) is 6.53. The molecule has 12 heteroatoms. The third-order valence-electron chi connectivity index (χ3n) is 11.5. The molecule has 4 saturated heterocycles. The molecule has 1 amide bonds. The Bertz CT molecular complexity index is 949. The Labute approximate surface area is 233 Å². The molecule has 0 bridgehead atoms. The smallest absolute Gasteiger partial charge is 0.380 e. The molecule has 0 radical (unpaired) electrons. The van der Waals surface area contributed by atoms with Crippen LogP contribution in [-0.4, -0.2) is 97.5 Å². The van der Waals surface area contributed by atoms with E-state index in [2.05, 4.69) is 22.8 Å². The molecule has 2 aliphatic carbocycles. The molecule has 8 atom stereocenters. The van der Waals surface area contributed by atoms with Crippen LogP contribution in [0.2, 0.25) is 0 Å². The Morgan fingerprint density at radius 3 is 2.52 bits per heavy atom. The first kappa shape index (κ1) is 29.0. The second-order valence-electron chi connectivity index (χ2n) is 13.8. The monoisotopic (exact) mass is 577 g/mol. The van der Waals surface area contributed by atoms with Crippen LogP contribution < -0.4 is 10.9 Å². The van der Waals surface area contributed by atoms with Gasteiger partial charge in [-0.3, -0.25) is 14.6 Å². The zero-order valence-electron chi connectivity index (χ0n) is 23.6. The highest BCUT2D eigenvalue weighted by Crippen LogP contribution is 2.53. The molecule has 0 aromatic heterocycles. The minimum Gasteiger partial charge on any atom is -0.380 e. The molecular formula is C28H44F5N5O2. The number of alkyl halides is 5. The molecule has 0 aromatic rings. The van der Waals surface area contributed by atoms with Gasteiger partial charge in [0.25, 0.3) is 5.92 Å². The molecule has 0 spiro atoms. The first-order valence-electron chi connectivity index (χ1n) is 15.1. The zero-order valence-corrected chi connectivity index (χ0v) is 23.6. The average Bonchev–Trinajstić information content (AvgIpc) is 3.56. The number of likely N-dealkylation sites (tertiary alicyclic amines) is 2. The molecule has 4 aliphatic heterocycles. The van der Waals surface area contributed by atoms with Gasteiger partial charge in [0, 0.05) is 42.9 Å². The Morgan fingerprint density at radius 1 is 1.15 bits per heavy atom. The normalized spacial score (nSPS) is 41.2. The summed E-state index contributed by atoms with van der Waals surface area (Å²) in [5, 5.41) is 0. The highest BCUT2D eigenvalue weighted by molar-refractivity contribution is 5.82. The van der Waals surface area contributed by atoms with Gasteiger partial charge in [0.2, 0.25) is 5.91 Å². The molecule has 40 heavy (non-hydrogen) atoms. The SMILES string of the molecule is C[C@H](C1CC2C(=O)N(C3CCCC(C4(CC5NNCN5C)COC4)C3)CC2C(C(F)(F)F)C1)N1CCC(F)(F)C1. The summed E-state index contributed by atoms with van der Waals surface area (Å²) in [5.74, 6) is -6.01. The molecule has 2 N–H and O–H groups in total. The number of nitrogens with one attached hydrogen (secondary N) is 2. The van der Waals surface area contributed by atoms with E-state index in [1.54, 1.807) is 16.7 Å². The van der Waals surface area contributed by atoms with Crippen LogP contribution in [0.4, 0.5) is 22.0 Å². The highest BCUT2D eigenvalue weighted by Gasteiger charge is 2.59. The van der Waals surface area contributed by atoms with Crippen LogP contribution in [-0.2, 0) is 9.53 Å². The molecule has 4 heterocycles. The molecule has 228 valence electrons. The van der Waals surface area contributed by atoms with Gasteiger partial charge in [-0.1, -0.05) is 6.42 Å². The van der Waals surface area contributed by atoms with E-state index in [0.717, 1.165) is 38.8 Å². The number of fused-ring (bicyclic) bond motifs is 1. The van der Waals surface area contributed by atoms with Crippen molar-refractivity contribution in [3.8, 4) is 0 Å². The lowest BCUT2D eigenvalue weighted by Gasteiger charge is -2.52. The number of hydrogen-bond donors (Lipinski definition) is 2. The lowest BCUT2D eigenvalue weighted by atomic mass is 9.64. The Balaban J connectivity index is 1.16. The number of hydrogen-bond acceptors (Lipinski definition) is 6. The van der Waals surface area contributed by atoms with E-state index in [9.17, 15) is 26.7 Å². The van der Waals surface area contributed by atoms with E-state index < -0.39 is 48.4 Å². The summed E-state index contributed by atoms with van der Waals surface area (Å²) in [6.07, 6.45) is 0.348. The van der Waals surface area contributed by atoms with E-state index in [4.69, 9.17) is 4.74 Å². The predicted octanol–water partition coefficient (Wildman–Crippen LogP) is 3.67. The maximum atomic E-state index is 14.4. The quantitative estimate of drug-likeness (QED) is 0.470. The third kappa shape index (κ3) is 5.29. The summed E-state index contributed by atoms with van der Waals surface area (Å²) in [6, 6.07) is -0.459. The van der Waals surface area contributed by atoms with Crippen LogP contribution >= 0.6 is 0 Å². The molecule has 7 nitrogen and oxygen atoms in total. The molecule has 7 unspecified atom stereocenters. The fourth-order valence-electron chi connectivity index (χ4n) is 8.94. The largest absolute Gasteiger partial charge is 0.392 e. The van der Waals surface area contributed by atoms with Crippen LogP contribution in [0.25, 0.3) is 0 Å². The molecule has 6 fully saturated rings. The van der Waals surface area contributed by atoms with Crippen LogP contribution in [0.1, 0.15) is 58.3 Å². The topological polar surface area (TPSA) is 60.1 Å². The van der Waals surface area contributed by atoms with Crippen molar-refractivity contribution in [2.75, 3.05) is 46.6 Å². The minimum absolute atomic E-state index is 0.0129. The van der Waals surface area contributed by atoms with Crippen molar-refractivity contribution in [2.24, 2.45) is 35.0 Å². The summed E-state index contributed by atoms with van der Waals surface area (Å²) in [7, 11) is 2.07. The van der Waals surface area contributed by atoms with Gasteiger partial charge in [-0.05, 0) is 70.3 Å². The minimum atomic E-state index is -4.41. The number of rotatable bonds is 6. The first-order valence-corrected chi connectivity index (χ1v) is 15.1. The lowest BCUT2D eigenvalue weighted by molar-refractivity contribution is -0.205. The highest BCUT2D eigenvalue weighted by atomic mass is 19.4. The number of carbonyl (C=O) groups is 1. The number of hydrazine groups is 1. The number of ether oxygens (including phenoxy) is 1. The fraction of sp³-hybridized carbons (Fsp3) is 0.964. The van der Waals surface area contributed by atoms with Crippen molar-refractivity contribution in [2.45, 2.75) is 88.6 Å². The molecular weight excluding hydrogens is 533 g/mol. The summed E-state index contributed by atoms with van der Waals surface area (Å²) in [6.45, 7) is 3.84. The van der Waals surface area contributed by atoms with Crippen molar-refractivity contribution in [1.29, 1.82) is 0 Å². The van der Waals surface area contributed by atoms with Gasteiger partial charge in [-0.2, -0.15) is 13.2 Å². The van der Waals surface area contributed by atoms with E-state index in [1.807, 2.05) is 0 Å². The second-order valence-corrected chi connectivity index (χ2v) is 13.8. The van der Waals surface area contributed by atoms with Crippen molar-refractivity contribution in [1.82, 2.24) is 25.6 Å². The van der Waals surface area contributed by atoms with E-state index >= 15 is 0 Å².